The largest absolute Gasteiger partial charge is 0.485 e. The summed E-state index contributed by atoms with van der Waals surface area (Å²) in [6, 6.07) is 14.8. The van der Waals surface area contributed by atoms with E-state index in [0.717, 1.165) is 4.88 Å². The van der Waals surface area contributed by atoms with Crippen molar-refractivity contribution in [1.82, 2.24) is 0 Å². The Morgan fingerprint density at radius 2 is 1.95 bits per heavy atom. The molecule has 0 spiro atoms. The van der Waals surface area contributed by atoms with Crippen LogP contribution in [0.1, 0.15) is 10.4 Å². The number of aryl methyl sites for hydroxylation is 1. The summed E-state index contributed by atoms with van der Waals surface area (Å²) in [7, 11) is 0. The van der Waals surface area contributed by atoms with E-state index in [2.05, 4.69) is 25.1 Å². The monoisotopic (exact) mass is 272 g/mol. The van der Waals surface area contributed by atoms with E-state index in [1.54, 1.807) is 29.5 Å². The van der Waals surface area contributed by atoms with Crippen LogP contribution in [0.4, 0.5) is 4.39 Å². The fraction of sp³-hybridized carbons (Fsp3) is 0.125. The molecule has 0 unspecified atom stereocenters. The van der Waals surface area contributed by atoms with Crippen molar-refractivity contribution >= 4 is 21.4 Å². The van der Waals surface area contributed by atoms with Gasteiger partial charge in [0.25, 0.3) is 0 Å². The number of fused-ring (bicyclic) bond motifs is 1. The zero-order valence-electron chi connectivity index (χ0n) is 10.5. The van der Waals surface area contributed by atoms with E-state index in [-0.39, 0.29) is 5.82 Å². The maximum absolute atomic E-state index is 13.4. The number of thiophene rings is 1. The van der Waals surface area contributed by atoms with Crippen molar-refractivity contribution < 1.29 is 9.13 Å². The van der Waals surface area contributed by atoms with E-state index < -0.39 is 0 Å². The Labute approximate surface area is 115 Å². The van der Waals surface area contributed by atoms with Crippen molar-refractivity contribution in [2.24, 2.45) is 0 Å². The van der Waals surface area contributed by atoms with Crippen molar-refractivity contribution in [3.8, 4) is 5.75 Å². The van der Waals surface area contributed by atoms with Crippen LogP contribution in [0.5, 0.6) is 5.75 Å². The number of hydrogen-bond donors (Lipinski definition) is 0. The Bertz CT molecular complexity index is 718. The highest BCUT2D eigenvalue weighted by molar-refractivity contribution is 7.19. The van der Waals surface area contributed by atoms with E-state index in [1.165, 1.54) is 21.7 Å². The SMILES string of the molecule is Cc1cccc2cc(COc3ccccc3F)sc12. The molecule has 0 atom stereocenters. The molecule has 3 heteroatoms. The molecule has 3 aromatic rings. The van der Waals surface area contributed by atoms with Crippen LogP contribution in [-0.2, 0) is 6.61 Å². The molecule has 0 aliphatic carbocycles. The average Bonchev–Trinajstić information content (AvgIpc) is 2.82. The van der Waals surface area contributed by atoms with Crippen LogP contribution < -0.4 is 4.74 Å². The van der Waals surface area contributed by atoms with Crippen molar-refractivity contribution in [2.45, 2.75) is 13.5 Å². The summed E-state index contributed by atoms with van der Waals surface area (Å²) in [4.78, 5) is 1.10. The minimum atomic E-state index is -0.320. The lowest BCUT2D eigenvalue weighted by molar-refractivity contribution is 0.293. The van der Waals surface area contributed by atoms with E-state index in [1.807, 2.05) is 6.07 Å². The van der Waals surface area contributed by atoms with Crippen molar-refractivity contribution in [3.63, 3.8) is 0 Å². The number of para-hydroxylation sites is 1. The molecule has 0 N–H and O–H groups in total. The van der Waals surface area contributed by atoms with Crippen molar-refractivity contribution in [3.05, 3.63) is 64.8 Å². The second-order valence-corrected chi connectivity index (χ2v) is 5.56. The van der Waals surface area contributed by atoms with E-state index in [0.29, 0.717) is 12.4 Å². The van der Waals surface area contributed by atoms with E-state index in [4.69, 9.17) is 4.74 Å². The number of hydrogen-bond acceptors (Lipinski definition) is 2. The molecule has 0 aliphatic heterocycles. The Balaban J connectivity index is 1.83. The first-order chi connectivity index (χ1) is 9.24. The molecule has 0 saturated heterocycles. The van der Waals surface area contributed by atoms with Gasteiger partial charge in [0.1, 0.15) is 6.61 Å². The van der Waals surface area contributed by atoms with Crippen molar-refractivity contribution in [2.75, 3.05) is 0 Å². The topological polar surface area (TPSA) is 9.23 Å². The van der Waals surface area contributed by atoms with Crippen LogP contribution in [0.25, 0.3) is 10.1 Å². The molecule has 2 aromatic carbocycles. The highest BCUT2D eigenvalue weighted by atomic mass is 32.1. The maximum atomic E-state index is 13.4. The zero-order valence-corrected chi connectivity index (χ0v) is 11.3. The first-order valence-electron chi connectivity index (χ1n) is 6.09. The predicted octanol–water partition coefficient (Wildman–Crippen LogP) is 4.93. The third-order valence-corrected chi connectivity index (χ3v) is 4.26. The molecule has 1 nitrogen and oxygen atoms in total. The van der Waals surface area contributed by atoms with Crippen LogP contribution in [0.2, 0.25) is 0 Å². The fourth-order valence-electron chi connectivity index (χ4n) is 2.04. The van der Waals surface area contributed by atoms with Crippen molar-refractivity contribution in [1.29, 1.82) is 0 Å². The highest BCUT2D eigenvalue weighted by Gasteiger charge is 2.06. The average molecular weight is 272 g/mol. The summed E-state index contributed by atoms with van der Waals surface area (Å²) in [5.74, 6) is -0.0172. The zero-order chi connectivity index (χ0) is 13.2. The van der Waals surface area contributed by atoms with Gasteiger partial charge in [-0.15, -0.1) is 11.3 Å². The Hall–Kier alpha value is -1.87. The lowest BCUT2D eigenvalue weighted by atomic mass is 10.2. The van der Waals surface area contributed by atoms with Gasteiger partial charge >= 0.3 is 0 Å². The van der Waals surface area contributed by atoms with Gasteiger partial charge < -0.3 is 4.74 Å². The summed E-state index contributed by atoms with van der Waals surface area (Å²) >= 11 is 1.70. The first kappa shape index (κ1) is 12.2. The quantitative estimate of drug-likeness (QED) is 0.657. The predicted molar refractivity (Wildman–Crippen MR) is 77.3 cm³/mol. The first-order valence-corrected chi connectivity index (χ1v) is 6.91. The molecule has 0 radical (unpaired) electrons. The smallest absolute Gasteiger partial charge is 0.165 e. The second-order valence-electron chi connectivity index (χ2n) is 4.43. The minimum Gasteiger partial charge on any atom is -0.485 e. The van der Waals surface area contributed by atoms with Gasteiger partial charge in [-0.1, -0.05) is 30.3 Å². The van der Waals surface area contributed by atoms with Gasteiger partial charge in [-0.2, -0.15) is 0 Å². The summed E-state index contributed by atoms with van der Waals surface area (Å²) in [6.07, 6.45) is 0. The third kappa shape index (κ3) is 2.47. The van der Waals surface area contributed by atoms with Gasteiger partial charge in [0.2, 0.25) is 0 Å². The summed E-state index contributed by atoms with van der Waals surface area (Å²) in [5.41, 5.74) is 1.26. The van der Waals surface area contributed by atoms with Gasteiger partial charge in [0.05, 0.1) is 0 Å². The van der Waals surface area contributed by atoms with Gasteiger partial charge in [-0.05, 0) is 36.1 Å². The second kappa shape index (κ2) is 5.02. The molecule has 0 saturated carbocycles. The van der Waals surface area contributed by atoms with Gasteiger partial charge in [-0.3, -0.25) is 0 Å². The van der Waals surface area contributed by atoms with Crippen LogP contribution in [0.3, 0.4) is 0 Å². The summed E-state index contributed by atoms with van der Waals surface area (Å²) in [6.45, 7) is 2.50. The molecule has 0 aliphatic rings. The third-order valence-electron chi connectivity index (χ3n) is 3.00. The van der Waals surface area contributed by atoms with Crippen LogP contribution in [0, 0.1) is 12.7 Å². The molecule has 0 amide bonds. The highest BCUT2D eigenvalue weighted by Crippen LogP contribution is 2.29. The van der Waals surface area contributed by atoms with Crippen LogP contribution in [0.15, 0.2) is 48.5 Å². The standard InChI is InChI=1S/C16H13FOS/c1-11-5-4-6-12-9-13(19-16(11)12)10-18-15-8-3-2-7-14(15)17/h2-9H,10H2,1H3. The van der Waals surface area contributed by atoms with Gasteiger partial charge in [-0.25, -0.2) is 4.39 Å². The molecular formula is C16H13FOS. The van der Waals surface area contributed by atoms with E-state index >= 15 is 0 Å². The summed E-state index contributed by atoms with van der Waals surface area (Å²) in [5, 5.41) is 1.22. The lowest BCUT2D eigenvalue weighted by Crippen LogP contribution is -1.94. The molecule has 1 heterocycles. The normalized spacial score (nSPS) is 10.8. The Kier molecular flexibility index (Phi) is 3.22. The Morgan fingerprint density at radius 3 is 2.74 bits per heavy atom. The Morgan fingerprint density at radius 1 is 1.11 bits per heavy atom. The molecule has 96 valence electrons. The lowest BCUT2D eigenvalue weighted by Gasteiger charge is -2.04. The van der Waals surface area contributed by atoms with Gasteiger partial charge in [0.15, 0.2) is 11.6 Å². The molecule has 3 rings (SSSR count). The fourth-order valence-corrected chi connectivity index (χ4v) is 3.08. The van der Waals surface area contributed by atoms with Crippen LogP contribution >= 0.6 is 11.3 Å². The number of ether oxygens (including phenoxy) is 1. The van der Waals surface area contributed by atoms with E-state index in [9.17, 15) is 4.39 Å². The molecule has 0 bridgehead atoms. The molecule has 1 aromatic heterocycles. The van der Waals surface area contributed by atoms with Gasteiger partial charge in [0, 0.05) is 9.58 Å². The number of halogens is 1. The molecule has 0 fully saturated rings. The number of rotatable bonds is 3. The molecule has 19 heavy (non-hydrogen) atoms. The molecular weight excluding hydrogens is 259 g/mol. The van der Waals surface area contributed by atoms with Crippen LogP contribution in [-0.4, -0.2) is 0 Å². The maximum Gasteiger partial charge on any atom is 0.165 e. The number of benzene rings is 2. The summed E-state index contributed by atoms with van der Waals surface area (Å²) < 4.78 is 20.2. The minimum absolute atomic E-state index is 0.302.